The van der Waals surface area contributed by atoms with Crippen LogP contribution in [0.2, 0.25) is 0 Å². The van der Waals surface area contributed by atoms with Gasteiger partial charge in [0.15, 0.2) is 0 Å². The van der Waals surface area contributed by atoms with Crippen molar-refractivity contribution in [2.24, 2.45) is 5.92 Å². The highest BCUT2D eigenvalue weighted by molar-refractivity contribution is 5.94. The highest BCUT2D eigenvalue weighted by Gasteiger charge is 2.23. The van der Waals surface area contributed by atoms with E-state index in [-0.39, 0.29) is 17.3 Å². The summed E-state index contributed by atoms with van der Waals surface area (Å²) in [7, 11) is 0. The zero-order valence-electron chi connectivity index (χ0n) is 10.6. The van der Waals surface area contributed by atoms with Gasteiger partial charge in [0, 0.05) is 13.1 Å². The van der Waals surface area contributed by atoms with Crippen molar-refractivity contribution in [3.05, 3.63) is 42.2 Å². The van der Waals surface area contributed by atoms with Gasteiger partial charge in [0.05, 0.1) is 0 Å². The van der Waals surface area contributed by atoms with E-state index in [1.165, 1.54) is 6.07 Å². The topological polar surface area (TPSA) is 70.5 Å². The normalized spacial score (nSPS) is 16.1. The number of amides is 1. The fourth-order valence-corrected chi connectivity index (χ4v) is 2.17. The van der Waals surface area contributed by atoms with E-state index in [0.29, 0.717) is 19.0 Å². The quantitative estimate of drug-likeness (QED) is 0.841. The molecular formula is C14H16N2O3. The summed E-state index contributed by atoms with van der Waals surface area (Å²) in [5.74, 6) is -0.868. The van der Waals surface area contributed by atoms with Crippen LogP contribution in [0.5, 0.6) is 0 Å². The van der Waals surface area contributed by atoms with E-state index in [9.17, 15) is 9.59 Å². The van der Waals surface area contributed by atoms with E-state index < -0.39 is 5.97 Å². The van der Waals surface area contributed by atoms with Gasteiger partial charge >= 0.3 is 5.97 Å². The molecule has 0 aromatic carbocycles. The molecule has 0 aliphatic carbocycles. The molecule has 1 aromatic rings. The largest absolute Gasteiger partial charge is 0.477 e. The standard InChI is InChI=1S/C14H16N2O3/c1-2-10-6-8-16(9-7-10)13(17)11-4-3-5-12(15-11)14(18)19/h2-5,10H,1,6-9H2,(H,18,19). The number of hydrogen-bond acceptors (Lipinski definition) is 3. The highest BCUT2D eigenvalue weighted by Crippen LogP contribution is 2.19. The van der Waals surface area contributed by atoms with Crippen molar-refractivity contribution in [2.75, 3.05) is 13.1 Å². The Balaban J connectivity index is 2.10. The summed E-state index contributed by atoms with van der Waals surface area (Å²) in [4.78, 5) is 28.6. The second kappa shape index (κ2) is 5.65. The van der Waals surface area contributed by atoms with Gasteiger partial charge in [-0.1, -0.05) is 12.1 Å². The molecule has 5 heteroatoms. The second-order valence-corrected chi connectivity index (χ2v) is 4.58. The lowest BCUT2D eigenvalue weighted by atomic mass is 9.97. The molecule has 0 radical (unpaired) electrons. The number of allylic oxidation sites excluding steroid dienone is 1. The summed E-state index contributed by atoms with van der Waals surface area (Å²) in [6.45, 7) is 5.08. The fraction of sp³-hybridized carbons (Fsp3) is 0.357. The molecule has 100 valence electrons. The predicted molar refractivity (Wildman–Crippen MR) is 70.0 cm³/mol. The molecule has 1 fully saturated rings. The van der Waals surface area contributed by atoms with Crippen molar-refractivity contribution in [3.63, 3.8) is 0 Å². The predicted octanol–water partition coefficient (Wildman–Crippen LogP) is 1.82. The Hall–Kier alpha value is -2.17. The highest BCUT2D eigenvalue weighted by atomic mass is 16.4. The maximum Gasteiger partial charge on any atom is 0.354 e. The Morgan fingerprint density at radius 3 is 2.53 bits per heavy atom. The molecule has 5 nitrogen and oxygen atoms in total. The lowest BCUT2D eigenvalue weighted by Crippen LogP contribution is -2.38. The van der Waals surface area contributed by atoms with E-state index >= 15 is 0 Å². The summed E-state index contributed by atoms with van der Waals surface area (Å²) in [6.07, 6.45) is 3.72. The average Bonchev–Trinajstić information content (AvgIpc) is 2.46. The summed E-state index contributed by atoms with van der Waals surface area (Å²) in [6, 6.07) is 4.47. The van der Waals surface area contributed by atoms with Gasteiger partial charge in [-0.2, -0.15) is 0 Å². The molecule has 0 spiro atoms. The number of aromatic carboxylic acids is 1. The molecule has 1 amide bonds. The maximum atomic E-state index is 12.2. The van der Waals surface area contributed by atoms with Gasteiger partial charge in [-0.25, -0.2) is 9.78 Å². The molecule has 1 N–H and O–H groups in total. The first kappa shape index (κ1) is 13.3. The minimum Gasteiger partial charge on any atom is -0.477 e. The first-order valence-electron chi connectivity index (χ1n) is 6.24. The van der Waals surface area contributed by atoms with Crippen LogP contribution in [0, 0.1) is 5.92 Å². The van der Waals surface area contributed by atoms with Crippen molar-refractivity contribution >= 4 is 11.9 Å². The summed E-state index contributed by atoms with van der Waals surface area (Å²) in [5, 5.41) is 8.87. The number of pyridine rings is 1. The Morgan fingerprint density at radius 2 is 1.95 bits per heavy atom. The number of likely N-dealkylation sites (tertiary alicyclic amines) is 1. The molecule has 2 rings (SSSR count). The number of hydrogen-bond donors (Lipinski definition) is 1. The number of rotatable bonds is 3. The number of aromatic nitrogens is 1. The number of nitrogens with zero attached hydrogens (tertiary/aromatic N) is 2. The van der Waals surface area contributed by atoms with Gasteiger partial charge in [0.25, 0.3) is 5.91 Å². The Morgan fingerprint density at radius 1 is 1.32 bits per heavy atom. The minimum atomic E-state index is -1.12. The number of carboxylic acid groups (broad SMARTS) is 1. The van der Waals surface area contributed by atoms with Crippen LogP contribution in [-0.2, 0) is 0 Å². The lowest BCUT2D eigenvalue weighted by molar-refractivity contribution is 0.0687. The van der Waals surface area contributed by atoms with Crippen LogP contribution in [0.15, 0.2) is 30.9 Å². The van der Waals surface area contributed by atoms with Crippen LogP contribution in [0.3, 0.4) is 0 Å². The van der Waals surface area contributed by atoms with E-state index in [2.05, 4.69) is 11.6 Å². The molecule has 0 unspecified atom stereocenters. The summed E-state index contributed by atoms with van der Waals surface area (Å²) < 4.78 is 0. The molecule has 1 aliphatic heterocycles. The van der Waals surface area contributed by atoms with Crippen LogP contribution >= 0.6 is 0 Å². The van der Waals surface area contributed by atoms with Crippen LogP contribution in [0.4, 0.5) is 0 Å². The summed E-state index contributed by atoms with van der Waals surface area (Å²) >= 11 is 0. The first-order valence-corrected chi connectivity index (χ1v) is 6.24. The third-order valence-corrected chi connectivity index (χ3v) is 3.35. The van der Waals surface area contributed by atoms with Crippen molar-refractivity contribution in [1.82, 2.24) is 9.88 Å². The smallest absolute Gasteiger partial charge is 0.354 e. The first-order chi connectivity index (χ1) is 9.11. The Bertz CT molecular complexity index is 505. The second-order valence-electron chi connectivity index (χ2n) is 4.58. The van der Waals surface area contributed by atoms with Crippen LogP contribution < -0.4 is 0 Å². The van der Waals surface area contributed by atoms with Gasteiger partial charge in [-0.3, -0.25) is 4.79 Å². The molecule has 0 saturated carbocycles. The third kappa shape index (κ3) is 2.99. The van der Waals surface area contributed by atoms with Crippen LogP contribution in [-0.4, -0.2) is 40.0 Å². The van der Waals surface area contributed by atoms with E-state index in [1.807, 2.05) is 6.08 Å². The van der Waals surface area contributed by atoms with Gasteiger partial charge in [-0.15, -0.1) is 6.58 Å². The minimum absolute atomic E-state index is 0.105. The van der Waals surface area contributed by atoms with Crippen LogP contribution in [0.25, 0.3) is 0 Å². The zero-order chi connectivity index (χ0) is 13.8. The zero-order valence-corrected chi connectivity index (χ0v) is 10.6. The van der Waals surface area contributed by atoms with Gasteiger partial charge in [0.2, 0.25) is 0 Å². The number of carbonyl (C=O) groups excluding carboxylic acids is 1. The average molecular weight is 260 g/mol. The lowest BCUT2D eigenvalue weighted by Gasteiger charge is -2.30. The molecular weight excluding hydrogens is 244 g/mol. The molecule has 0 bridgehead atoms. The van der Waals surface area contributed by atoms with Crippen molar-refractivity contribution < 1.29 is 14.7 Å². The van der Waals surface area contributed by atoms with Crippen molar-refractivity contribution in [3.8, 4) is 0 Å². The SMILES string of the molecule is C=CC1CCN(C(=O)c2cccc(C(=O)O)n2)CC1. The number of carbonyl (C=O) groups is 2. The molecule has 19 heavy (non-hydrogen) atoms. The number of piperidine rings is 1. The van der Waals surface area contributed by atoms with Gasteiger partial charge in [0.1, 0.15) is 11.4 Å². The van der Waals surface area contributed by atoms with E-state index in [1.54, 1.807) is 17.0 Å². The molecule has 1 aliphatic rings. The summed E-state index contributed by atoms with van der Waals surface area (Å²) in [5.41, 5.74) is 0.0868. The Labute approximate surface area is 111 Å². The van der Waals surface area contributed by atoms with E-state index in [0.717, 1.165) is 12.8 Å². The maximum absolute atomic E-state index is 12.2. The third-order valence-electron chi connectivity index (χ3n) is 3.35. The van der Waals surface area contributed by atoms with Gasteiger partial charge < -0.3 is 10.0 Å². The van der Waals surface area contributed by atoms with Gasteiger partial charge in [-0.05, 0) is 30.9 Å². The Kier molecular flexibility index (Phi) is 3.94. The monoisotopic (exact) mass is 260 g/mol. The van der Waals surface area contributed by atoms with E-state index in [4.69, 9.17) is 5.11 Å². The van der Waals surface area contributed by atoms with Crippen LogP contribution in [0.1, 0.15) is 33.8 Å². The number of carboxylic acids is 1. The molecule has 0 atom stereocenters. The molecule has 1 saturated heterocycles. The van der Waals surface area contributed by atoms with Crippen molar-refractivity contribution in [2.45, 2.75) is 12.8 Å². The molecule has 2 heterocycles. The fourth-order valence-electron chi connectivity index (χ4n) is 2.17. The van der Waals surface area contributed by atoms with Crippen molar-refractivity contribution in [1.29, 1.82) is 0 Å². The molecule has 1 aromatic heterocycles.